The van der Waals surface area contributed by atoms with Crippen LogP contribution in [0.2, 0.25) is 0 Å². The number of nitrogens with zero attached hydrogens (tertiary/aromatic N) is 2. The quantitative estimate of drug-likeness (QED) is 0.616. The first-order chi connectivity index (χ1) is 11.6. The highest BCUT2D eigenvalue weighted by molar-refractivity contribution is 5.91. The highest BCUT2D eigenvalue weighted by Gasteiger charge is 2.15. The number of aromatic amines is 1. The minimum absolute atomic E-state index is 0.0896. The molecule has 0 unspecified atom stereocenters. The molecule has 0 saturated carbocycles. The summed E-state index contributed by atoms with van der Waals surface area (Å²) in [5.41, 5.74) is -1.18. The molecule has 24 heavy (non-hydrogen) atoms. The van der Waals surface area contributed by atoms with E-state index in [0.29, 0.717) is 5.69 Å². The molecule has 0 amide bonds. The van der Waals surface area contributed by atoms with E-state index in [0.717, 1.165) is 21.6 Å². The first-order valence-corrected chi connectivity index (χ1v) is 7.30. The van der Waals surface area contributed by atoms with Crippen LogP contribution in [0.4, 0.5) is 0 Å². The van der Waals surface area contributed by atoms with Crippen molar-refractivity contribution in [2.45, 2.75) is 0 Å². The van der Waals surface area contributed by atoms with Crippen molar-refractivity contribution in [3.05, 3.63) is 68.9 Å². The maximum atomic E-state index is 12.3. The lowest BCUT2D eigenvalue weighted by Crippen LogP contribution is -2.31. The number of aromatic nitrogens is 2. The number of aromatic hydroxyl groups is 1. The van der Waals surface area contributed by atoms with E-state index >= 15 is 0 Å². The summed E-state index contributed by atoms with van der Waals surface area (Å²) in [4.78, 5) is 30.2. The van der Waals surface area contributed by atoms with Crippen LogP contribution in [-0.2, 0) is 0 Å². The molecule has 3 rings (SSSR count). The lowest BCUT2D eigenvalue weighted by molar-refractivity contribution is 0.307. The van der Waals surface area contributed by atoms with E-state index in [9.17, 15) is 14.7 Å². The fraction of sp³-hybridized carbons (Fsp3) is 0.118. The van der Waals surface area contributed by atoms with Crippen molar-refractivity contribution in [1.82, 2.24) is 9.55 Å². The molecule has 0 radical (unpaired) electrons. The second-order valence-electron chi connectivity index (χ2n) is 5.09. The predicted octanol–water partition coefficient (Wildman–Crippen LogP) is 0.796. The predicted molar refractivity (Wildman–Crippen MR) is 91.4 cm³/mol. The maximum Gasteiger partial charge on any atom is 0.335 e. The zero-order chi connectivity index (χ0) is 17.1. The largest absolute Gasteiger partial charge is 0.493 e. The highest BCUT2D eigenvalue weighted by Crippen LogP contribution is 2.24. The summed E-state index contributed by atoms with van der Waals surface area (Å²) in [6.07, 6.45) is 1.14. The Morgan fingerprint density at radius 2 is 1.88 bits per heavy atom. The van der Waals surface area contributed by atoms with Gasteiger partial charge in [-0.1, -0.05) is 36.4 Å². The molecule has 0 aliphatic rings. The second kappa shape index (κ2) is 6.51. The molecule has 3 N–H and O–H groups in total. The van der Waals surface area contributed by atoms with Gasteiger partial charge < -0.3 is 10.2 Å². The number of hydrogen-bond acceptors (Lipinski definition) is 5. The Bertz CT molecular complexity index is 1030. The Balaban J connectivity index is 2.30. The molecule has 0 fully saturated rings. The molecule has 122 valence electrons. The summed E-state index contributed by atoms with van der Waals surface area (Å²) in [5, 5.41) is 20.9. The second-order valence-corrected chi connectivity index (χ2v) is 5.09. The van der Waals surface area contributed by atoms with E-state index in [1.807, 2.05) is 30.3 Å². The van der Waals surface area contributed by atoms with Crippen LogP contribution in [0.15, 0.2) is 57.0 Å². The smallest absolute Gasteiger partial charge is 0.335 e. The van der Waals surface area contributed by atoms with Crippen molar-refractivity contribution < 1.29 is 10.2 Å². The first-order valence-electron chi connectivity index (χ1n) is 7.30. The van der Waals surface area contributed by atoms with Crippen molar-refractivity contribution in [3.8, 4) is 11.6 Å². The van der Waals surface area contributed by atoms with Gasteiger partial charge in [-0.25, -0.2) is 9.36 Å². The lowest BCUT2D eigenvalue weighted by atomic mass is 10.1. The topological polar surface area (TPSA) is 108 Å². The Morgan fingerprint density at radius 1 is 1.12 bits per heavy atom. The van der Waals surface area contributed by atoms with Gasteiger partial charge in [0.05, 0.1) is 18.8 Å². The Hall–Kier alpha value is -3.19. The van der Waals surface area contributed by atoms with E-state index in [2.05, 4.69) is 9.98 Å². The van der Waals surface area contributed by atoms with Gasteiger partial charge in [-0.05, 0) is 11.5 Å². The number of fused-ring (bicyclic) bond motifs is 1. The third-order valence-corrected chi connectivity index (χ3v) is 3.58. The summed E-state index contributed by atoms with van der Waals surface area (Å²) < 4.78 is 1.03. The molecule has 0 aliphatic heterocycles. The van der Waals surface area contributed by atoms with E-state index in [-0.39, 0.29) is 18.7 Å². The van der Waals surface area contributed by atoms with Crippen LogP contribution in [0, 0.1) is 0 Å². The molecule has 0 atom stereocenters. The van der Waals surface area contributed by atoms with Crippen LogP contribution in [0.5, 0.6) is 5.88 Å². The van der Waals surface area contributed by atoms with E-state index < -0.39 is 17.1 Å². The van der Waals surface area contributed by atoms with Crippen molar-refractivity contribution in [1.29, 1.82) is 0 Å². The molecule has 3 aromatic rings. The van der Waals surface area contributed by atoms with Gasteiger partial charge in [0.25, 0.3) is 5.56 Å². The maximum absolute atomic E-state index is 12.3. The molecule has 0 spiro atoms. The van der Waals surface area contributed by atoms with Gasteiger partial charge in [0.1, 0.15) is 5.56 Å². The molecule has 0 aliphatic carbocycles. The van der Waals surface area contributed by atoms with Gasteiger partial charge in [-0.15, -0.1) is 0 Å². The minimum Gasteiger partial charge on any atom is -0.493 e. The van der Waals surface area contributed by atoms with E-state index in [1.165, 1.54) is 0 Å². The average molecular weight is 325 g/mol. The summed E-state index contributed by atoms with van der Waals surface area (Å²) in [6, 6.07) is 12.7. The molecule has 7 heteroatoms. The number of nitrogens with one attached hydrogen (secondary N) is 1. The van der Waals surface area contributed by atoms with Crippen LogP contribution < -0.4 is 11.2 Å². The summed E-state index contributed by atoms with van der Waals surface area (Å²) in [6.45, 7) is -0.0929. The monoisotopic (exact) mass is 325 g/mol. The zero-order valence-corrected chi connectivity index (χ0v) is 12.6. The fourth-order valence-corrected chi connectivity index (χ4v) is 2.50. The van der Waals surface area contributed by atoms with Gasteiger partial charge in [0, 0.05) is 11.6 Å². The molecule has 0 bridgehead atoms. The number of benzene rings is 2. The Labute approximate surface area is 136 Å². The van der Waals surface area contributed by atoms with Crippen LogP contribution in [0.1, 0.15) is 5.56 Å². The van der Waals surface area contributed by atoms with Crippen molar-refractivity contribution >= 4 is 17.0 Å². The molecule has 0 saturated heterocycles. The van der Waals surface area contributed by atoms with Gasteiger partial charge in [0.2, 0.25) is 5.88 Å². The Morgan fingerprint density at radius 3 is 2.67 bits per heavy atom. The number of H-pyrrole nitrogens is 1. The van der Waals surface area contributed by atoms with Crippen LogP contribution in [0.25, 0.3) is 16.5 Å². The van der Waals surface area contributed by atoms with Gasteiger partial charge in [-0.2, -0.15) is 0 Å². The molecular formula is C17H15N3O4. The van der Waals surface area contributed by atoms with E-state index in [4.69, 9.17) is 5.11 Å². The summed E-state index contributed by atoms with van der Waals surface area (Å²) in [7, 11) is 0. The number of aliphatic hydroxyl groups excluding tert-OH is 1. The number of hydrogen-bond donors (Lipinski definition) is 3. The zero-order valence-electron chi connectivity index (χ0n) is 12.6. The molecule has 2 aromatic carbocycles. The van der Waals surface area contributed by atoms with Crippen LogP contribution in [-0.4, -0.2) is 39.1 Å². The van der Waals surface area contributed by atoms with Gasteiger partial charge in [-0.3, -0.25) is 14.8 Å². The summed E-state index contributed by atoms with van der Waals surface area (Å²) in [5.74, 6) is -0.498. The number of aliphatic imine (C=N–C) groups is 1. The molecular weight excluding hydrogens is 310 g/mol. The molecule has 1 aromatic heterocycles. The number of aliphatic hydroxyl groups is 1. The molecule has 1 heterocycles. The standard InChI is InChI=1S/C17H15N3O4/c21-9-8-18-10-13-15(22)19-17(24)20(16(13)23)14-7-3-5-11-4-1-2-6-12(11)14/h1-7,10,21,23H,8-9H2,(H,19,22,24). The van der Waals surface area contributed by atoms with Crippen molar-refractivity contribution in [2.75, 3.05) is 13.2 Å². The third-order valence-electron chi connectivity index (χ3n) is 3.58. The normalized spacial score (nSPS) is 11.4. The average Bonchev–Trinajstić information content (AvgIpc) is 2.58. The van der Waals surface area contributed by atoms with E-state index in [1.54, 1.807) is 12.1 Å². The SMILES string of the molecule is O=c1[nH]c(=O)n(-c2cccc3ccccc23)c(O)c1C=NCCO. The summed E-state index contributed by atoms with van der Waals surface area (Å²) >= 11 is 0. The first kappa shape index (κ1) is 15.7. The Kier molecular flexibility index (Phi) is 4.26. The van der Waals surface area contributed by atoms with Crippen molar-refractivity contribution in [2.24, 2.45) is 4.99 Å². The van der Waals surface area contributed by atoms with Gasteiger partial charge in [0.15, 0.2) is 0 Å². The minimum atomic E-state index is -0.742. The fourth-order valence-electron chi connectivity index (χ4n) is 2.50. The van der Waals surface area contributed by atoms with Crippen LogP contribution >= 0.6 is 0 Å². The molecule has 7 nitrogen and oxygen atoms in total. The van der Waals surface area contributed by atoms with Gasteiger partial charge >= 0.3 is 5.69 Å². The third kappa shape index (κ3) is 2.72. The highest BCUT2D eigenvalue weighted by atomic mass is 16.3. The van der Waals surface area contributed by atoms with Crippen molar-refractivity contribution in [3.63, 3.8) is 0 Å². The lowest BCUT2D eigenvalue weighted by Gasteiger charge is -2.12. The number of rotatable bonds is 4. The van der Waals surface area contributed by atoms with Crippen LogP contribution in [0.3, 0.4) is 0 Å².